The molecule has 0 amide bonds. The third-order valence-electron chi connectivity index (χ3n) is 3.80. The summed E-state index contributed by atoms with van der Waals surface area (Å²) >= 11 is 4.60. The van der Waals surface area contributed by atoms with Crippen molar-refractivity contribution < 1.29 is 73.8 Å². The van der Waals surface area contributed by atoms with Crippen LogP contribution in [-0.2, 0) is 31.6 Å². The molecule has 2 rings (SSSR count). The quantitative estimate of drug-likeness (QED) is 0.144. The van der Waals surface area contributed by atoms with Crippen LogP contribution in [0.3, 0.4) is 0 Å². The number of ether oxygens (including phenoxy) is 1. The van der Waals surface area contributed by atoms with E-state index in [0.717, 1.165) is 6.07 Å². The number of hydrogen-bond acceptors (Lipinski definition) is 10. The molecule has 33 heavy (non-hydrogen) atoms. The number of aromatic nitrogens is 2. The monoisotopic (exact) mass is 570 g/mol. The summed E-state index contributed by atoms with van der Waals surface area (Å²) in [6.45, 7) is -1.61. The molecule has 0 bridgehead atoms. The van der Waals surface area contributed by atoms with E-state index in [1.807, 2.05) is 4.98 Å². The molecule has 0 radical (unpaired) electrons. The fourth-order valence-corrected chi connectivity index (χ4v) is 5.72. The largest absolute Gasteiger partial charge is 0.490 e. The third-order valence-corrected chi connectivity index (χ3v) is 7.84. The summed E-state index contributed by atoms with van der Waals surface area (Å²) in [5.74, 6) is 0. The first-order valence-electron chi connectivity index (χ1n) is 7.87. The van der Waals surface area contributed by atoms with Gasteiger partial charge < -0.3 is 29.4 Å². The average Bonchev–Trinajstić information content (AvgIpc) is 2.82. The maximum Gasteiger partial charge on any atom is 0.490 e. The molecule has 6 atom stereocenters. The van der Waals surface area contributed by atoms with Gasteiger partial charge in [0, 0.05) is 6.20 Å². The summed E-state index contributed by atoms with van der Waals surface area (Å²) in [5, 5.41) is 9.91. The van der Waals surface area contributed by atoms with Crippen LogP contribution < -0.4 is 5.69 Å². The zero-order chi connectivity index (χ0) is 25.6. The predicted octanol–water partition coefficient (Wildman–Crippen LogP) is 0.778. The zero-order valence-electron chi connectivity index (χ0n) is 15.3. The molecule has 3 unspecified atom stereocenters. The minimum absolute atomic E-state index is 0.0529. The van der Waals surface area contributed by atoms with Gasteiger partial charge in [-0.15, -0.1) is 0 Å². The van der Waals surface area contributed by atoms with Crippen LogP contribution in [0.5, 0.6) is 0 Å². The number of halogens is 4. The Morgan fingerprint density at radius 3 is 2.24 bits per heavy atom. The van der Waals surface area contributed by atoms with E-state index >= 15 is 4.39 Å². The van der Waals surface area contributed by atoms with Crippen LogP contribution >= 0.6 is 35.7 Å². The van der Waals surface area contributed by atoms with Crippen molar-refractivity contribution in [2.45, 2.75) is 30.3 Å². The maximum absolute atomic E-state index is 15.1. The van der Waals surface area contributed by atoms with E-state index in [0.29, 0.717) is 6.20 Å². The molecular weight excluding hydrogens is 557 g/mol. The molecule has 1 saturated heterocycles. The van der Waals surface area contributed by atoms with Crippen LogP contribution in [0.15, 0.2) is 17.1 Å². The van der Waals surface area contributed by atoms with Crippen molar-refractivity contribution in [2.75, 3.05) is 6.61 Å². The molecular formula is C10H13F4N2O13P3S. The molecule has 0 spiro atoms. The van der Waals surface area contributed by atoms with Crippen LogP contribution in [-0.4, -0.2) is 64.9 Å². The molecule has 190 valence electrons. The number of aromatic amines is 1. The standard InChI is InChI=1S/C10H13F4N2O13P3S/c11-9(10(12,13)14)6(17)4(27-7(9)16-2-1-5(33)15-8(16)18)3-26-31(22,23)29-32(24,25)28-30(19,20)21/h1-2,4,6-7,17H,3H2,(H,22,23)(H,24,25)(H,15,18,33)(H2,19,20,21)/t4-,6+,7-,9?/m1/s1. The van der Waals surface area contributed by atoms with E-state index in [2.05, 4.69) is 25.4 Å². The van der Waals surface area contributed by atoms with Crippen LogP contribution in [0, 0.1) is 4.64 Å². The Balaban J connectivity index is 2.29. The van der Waals surface area contributed by atoms with E-state index in [9.17, 15) is 41.7 Å². The Labute approximate surface area is 184 Å². The van der Waals surface area contributed by atoms with Gasteiger partial charge in [-0.3, -0.25) is 14.1 Å². The lowest BCUT2D eigenvalue weighted by atomic mass is 9.95. The van der Waals surface area contributed by atoms with Crippen molar-refractivity contribution in [2.24, 2.45) is 0 Å². The summed E-state index contributed by atoms with van der Waals surface area (Å²) in [7, 11) is -17.5. The summed E-state index contributed by atoms with van der Waals surface area (Å²) in [6.07, 6.45) is -13.7. The lowest BCUT2D eigenvalue weighted by molar-refractivity contribution is -0.274. The van der Waals surface area contributed by atoms with E-state index in [1.165, 1.54) is 0 Å². The minimum Gasteiger partial charge on any atom is -0.386 e. The van der Waals surface area contributed by atoms with E-state index < -0.39 is 66.0 Å². The number of hydrogen-bond donors (Lipinski definition) is 6. The molecule has 6 N–H and O–H groups in total. The maximum atomic E-state index is 15.1. The Bertz CT molecular complexity index is 1150. The van der Waals surface area contributed by atoms with Gasteiger partial charge >= 0.3 is 35.3 Å². The van der Waals surface area contributed by atoms with Crippen LogP contribution in [0.1, 0.15) is 6.23 Å². The first-order chi connectivity index (χ1) is 14.7. The van der Waals surface area contributed by atoms with Gasteiger partial charge in [0.2, 0.25) is 0 Å². The second-order valence-electron chi connectivity index (χ2n) is 6.14. The van der Waals surface area contributed by atoms with E-state index in [-0.39, 0.29) is 9.21 Å². The van der Waals surface area contributed by atoms with Gasteiger partial charge in [0.05, 0.1) is 6.61 Å². The zero-order valence-corrected chi connectivity index (χ0v) is 18.8. The molecule has 1 aromatic rings. The molecule has 1 aliphatic rings. The van der Waals surface area contributed by atoms with Gasteiger partial charge in [0.1, 0.15) is 16.8 Å². The summed E-state index contributed by atoms with van der Waals surface area (Å²) in [4.78, 5) is 49.0. The molecule has 23 heteroatoms. The number of nitrogens with zero attached hydrogens (tertiary/aromatic N) is 1. The number of aliphatic hydroxyl groups is 1. The molecule has 1 aliphatic heterocycles. The van der Waals surface area contributed by atoms with Crippen molar-refractivity contribution in [1.82, 2.24) is 9.55 Å². The Hall–Kier alpha value is -0.850. The second-order valence-corrected chi connectivity index (χ2v) is 11.0. The van der Waals surface area contributed by atoms with Gasteiger partial charge in [-0.2, -0.15) is 21.8 Å². The highest BCUT2D eigenvalue weighted by atomic mass is 32.1. The van der Waals surface area contributed by atoms with Gasteiger partial charge in [-0.25, -0.2) is 22.9 Å². The molecule has 0 saturated carbocycles. The normalized spacial score (nSPS) is 30.0. The number of nitrogens with one attached hydrogen (secondary N) is 1. The topological polar surface area (TPSA) is 227 Å². The highest BCUT2D eigenvalue weighted by molar-refractivity contribution is 7.71. The third kappa shape index (κ3) is 6.64. The molecule has 1 aromatic heterocycles. The molecule has 1 fully saturated rings. The second kappa shape index (κ2) is 9.31. The van der Waals surface area contributed by atoms with Crippen LogP contribution in [0.2, 0.25) is 0 Å². The first kappa shape index (κ1) is 28.4. The summed E-state index contributed by atoms with van der Waals surface area (Å²) in [5.41, 5.74) is -6.04. The van der Waals surface area contributed by atoms with Gasteiger partial charge in [-0.1, -0.05) is 12.2 Å². The SMILES string of the molecule is O=c1[nH]c(=S)ccn1[C@@H]1O[C@H](COP(=O)(O)OP(=O)(O)OP(=O)(O)O)[C@H](O)C1(F)C(F)(F)F. The molecule has 15 nitrogen and oxygen atoms in total. The molecule has 2 heterocycles. The Morgan fingerprint density at radius 1 is 1.18 bits per heavy atom. The fraction of sp³-hybridized carbons (Fsp3) is 0.600. The number of H-pyrrole nitrogens is 1. The van der Waals surface area contributed by atoms with Gasteiger partial charge in [0.15, 0.2) is 6.23 Å². The first-order valence-corrected chi connectivity index (χ1v) is 12.8. The van der Waals surface area contributed by atoms with Crippen molar-refractivity contribution in [3.63, 3.8) is 0 Å². The number of alkyl halides is 4. The average molecular weight is 570 g/mol. The van der Waals surface area contributed by atoms with Gasteiger partial charge in [0.25, 0.3) is 5.67 Å². The van der Waals surface area contributed by atoms with E-state index in [4.69, 9.17) is 19.4 Å². The fourth-order valence-electron chi connectivity index (χ4n) is 2.54. The lowest BCUT2D eigenvalue weighted by Gasteiger charge is -2.30. The predicted molar refractivity (Wildman–Crippen MR) is 95.5 cm³/mol. The molecule has 0 aromatic carbocycles. The molecule has 0 aliphatic carbocycles. The summed E-state index contributed by atoms with van der Waals surface area (Å²) < 4.78 is 104. The van der Waals surface area contributed by atoms with Crippen molar-refractivity contribution in [3.8, 4) is 0 Å². The highest BCUT2D eigenvalue weighted by Crippen LogP contribution is 2.66. The number of aliphatic hydroxyl groups excluding tert-OH is 1. The number of phosphoric acid groups is 3. The van der Waals surface area contributed by atoms with Crippen LogP contribution in [0.25, 0.3) is 0 Å². The smallest absolute Gasteiger partial charge is 0.386 e. The number of phosphoric ester groups is 1. The van der Waals surface area contributed by atoms with Crippen molar-refractivity contribution in [1.29, 1.82) is 0 Å². The van der Waals surface area contributed by atoms with Gasteiger partial charge in [-0.05, 0) is 6.07 Å². The summed E-state index contributed by atoms with van der Waals surface area (Å²) in [6, 6.07) is 0.892. The minimum atomic E-state index is -5.95. The van der Waals surface area contributed by atoms with Crippen LogP contribution in [0.4, 0.5) is 17.6 Å². The van der Waals surface area contributed by atoms with E-state index in [1.54, 1.807) is 0 Å². The van der Waals surface area contributed by atoms with Crippen molar-refractivity contribution in [3.05, 3.63) is 27.4 Å². The van der Waals surface area contributed by atoms with Crippen molar-refractivity contribution >= 4 is 35.7 Å². The highest BCUT2D eigenvalue weighted by Gasteiger charge is 2.73. The lowest BCUT2D eigenvalue weighted by Crippen LogP contribution is -2.55. The number of rotatable bonds is 8. The Kier molecular flexibility index (Phi) is 8.01. The Morgan fingerprint density at radius 2 is 1.76 bits per heavy atom.